The van der Waals surface area contributed by atoms with Gasteiger partial charge in [0.05, 0.1) is 17.6 Å². The van der Waals surface area contributed by atoms with Gasteiger partial charge in [-0.05, 0) is 55.2 Å². The molecule has 160 valence electrons. The van der Waals surface area contributed by atoms with Crippen LogP contribution in [0.25, 0.3) is 0 Å². The second-order valence-corrected chi connectivity index (χ2v) is 7.70. The summed E-state index contributed by atoms with van der Waals surface area (Å²) in [4.78, 5) is 11.0. The monoisotopic (exact) mass is 416 g/mol. The molecule has 0 spiro atoms. The van der Waals surface area contributed by atoms with Crippen LogP contribution in [0.3, 0.4) is 0 Å². The molecule has 2 atom stereocenters. The van der Waals surface area contributed by atoms with Crippen LogP contribution in [-0.4, -0.2) is 29.4 Å². The Hall–Kier alpha value is -2.96. The zero-order valence-electron chi connectivity index (χ0n) is 17.4. The highest BCUT2D eigenvalue weighted by molar-refractivity contribution is 5.86. The van der Waals surface area contributed by atoms with E-state index >= 15 is 0 Å². The maximum Gasteiger partial charge on any atom is 0.306 e. The summed E-state index contributed by atoms with van der Waals surface area (Å²) >= 11 is 0. The van der Waals surface area contributed by atoms with E-state index in [0.717, 1.165) is 30.0 Å². The molecule has 0 fully saturated rings. The van der Waals surface area contributed by atoms with E-state index in [4.69, 9.17) is 9.84 Å². The Morgan fingerprint density at radius 2 is 1.87 bits per heavy atom. The van der Waals surface area contributed by atoms with Gasteiger partial charge in [-0.25, -0.2) is 8.78 Å². The minimum atomic E-state index is -1.01. The number of aryl methyl sites for hydroxylation is 1. The number of nitrogens with zero attached hydrogens (tertiary/aromatic N) is 2. The van der Waals surface area contributed by atoms with Crippen molar-refractivity contribution in [1.82, 2.24) is 0 Å². The molecule has 0 aromatic heterocycles. The van der Waals surface area contributed by atoms with Crippen LogP contribution in [0.4, 0.5) is 14.5 Å². The maximum absolute atomic E-state index is 14.5. The highest BCUT2D eigenvalue weighted by atomic mass is 19.1. The summed E-state index contributed by atoms with van der Waals surface area (Å²) < 4.78 is 34.4. The Kier molecular flexibility index (Phi) is 6.70. The Bertz CT molecular complexity index is 921. The van der Waals surface area contributed by atoms with E-state index in [0.29, 0.717) is 6.42 Å². The first kappa shape index (κ1) is 21.7. The van der Waals surface area contributed by atoms with Crippen molar-refractivity contribution in [2.24, 2.45) is 11.0 Å². The highest BCUT2D eigenvalue weighted by Gasteiger charge is 2.27. The number of benzene rings is 2. The summed E-state index contributed by atoms with van der Waals surface area (Å²) in [5, 5.41) is 15.4. The molecule has 0 amide bonds. The Balaban J connectivity index is 1.71. The van der Waals surface area contributed by atoms with Crippen LogP contribution in [-0.2, 0) is 17.6 Å². The average molecular weight is 416 g/mol. The van der Waals surface area contributed by atoms with Gasteiger partial charge < -0.3 is 9.84 Å². The van der Waals surface area contributed by atoms with Gasteiger partial charge in [-0.15, -0.1) is 0 Å². The van der Waals surface area contributed by atoms with Gasteiger partial charge in [0.2, 0.25) is 0 Å². The standard InChI is InChI=1S/C23H26F2N2O3/c1-4-16-5-7-18(8-6-16)27-19(10-15(3)26-27)13-30-22-20(24)11-17(12-21(22)25)9-14(2)23(28)29/h5-8,11-12,14,19H,4,9-10,13H2,1-3H3,(H,28,29)/t14-,19?/m1/s1. The van der Waals surface area contributed by atoms with Gasteiger partial charge in [0.1, 0.15) is 6.61 Å². The molecule has 5 nitrogen and oxygen atoms in total. The van der Waals surface area contributed by atoms with Gasteiger partial charge in [-0.3, -0.25) is 9.80 Å². The van der Waals surface area contributed by atoms with E-state index in [-0.39, 0.29) is 24.6 Å². The molecule has 3 rings (SSSR count). The molecule has 1 heterocycles. The van der Waals surface area contributed by atoms with Crippen LogP contribution in [0.5, 0.6) is 5.75 Å². The number of hydrazone groups is 1. The minimum Gasteiger partial charge on any atom is -0.485 e. The molecule has 30 heavy (non-hydrogen) atoms. The molecular formula is C23H26F2N2O3. The summed E-state index contributed by atoms with van der Waals surface area (Å²) in [5.74, 6) is -3.87. The minimum absolute atomic E-state index is 0.0423. The van der Waals surface area contributed by atoms with Crippen LogP contribution < -0.4 is 9.75 Å². The van der Waals surface area contributed by atoms with Gasteiger partial charge in [0.25, 0.3) is 0 Å². The SMILES string of the molecule is CCc1ccc(N2N=C(C)CC2COc2c(F)cc(C[C@@H](C)C(=O)O)cc2F)cc1. The molecule has 1 aliphatic heterocycles. The Morgan fingerprint density at radius 1 is 1.23 bits per heavy atom. The van der Waals surface area contributed by atoms with Crippen LogP contribution in [0.2, 0.25) is 0 Å². The number of carboxylic acid groups (broad SMARTS) is 1. The maximum atomic E-state index is 14.5. The normalized spacial score (nSPS) is 17.0. The van der Waals surface area contributed by atoms with Gasteiger partial charge in [0.15, 0.2) is 17.4 Å². The second-order valence-electron chi connectivity index (χ2n) is 7.70. The molecule has 0 radical (unpaired) electrons. The number of aliphatic carboxylic acids is 1. The van der Waals surface area contributed by atoms with Crippen molar-refractivity contribution in [3.63, 3.8) is 0 Å². The first-order valence-corrected chi connectivity index (χ1v) is 10.0. The third-order valence-electron chi connectivity index (χ3n) is 5.21. The quantitative estimate of drug-likeness (QED) is 0.670. The topological polar surface area (TPSA) is 62.1 Å². The second kappa shape index (κ2) is 9.24. The van der Waals surface area contributed by atoms with Crippen molar-refractivity contribution in [3.8, 4) is 5.75 Å². The van der Waals surface area contributed by atoms with Gasteiger partial charge in [-0.1, -0.05) is 26.0 Å². The molecule has 0 bridgehead atoms. The largest absolute Gasteiger partial charge is 0.485 e. The van der Waals surface area contributed by atoms with Crippen LogP contribution in [0.1, 0.15) is 38.3 Å². The van der Waals surface area contributed by atoms with Crippen molar-refractivity contribution < 1.29 is 23.4 Å². The lowest BCUT2D eigenvalue weighted by atomic mass is 10.0. The third kappa shape index (κ3) is 4.96. The molecule has 1 aliphatic rings. The molecule has 2 aromatic carbocycles. The predicted molar refractivity (Wildman–Crippen MR) is 112 cm³/mol. The van der Waals surface area contributed by atoms with E-state index in [2.05, 4.69) is 12.0 Å². The van der Waals surface area contributed by atoms with Gasteiger partial charge in [0, 0.05) is 12.1 Å². The highest BCUT2D eigenvalue weighted by Crippen LogP contribution is 2.28. The molecule has 0 saturated heterocycles. The van der Waals surface area contributed by atoms with E-state index < -0.39 is 29.3 Å². The number of ether oxygens (including phenoxy) is 1. The molecule has 0 aliphatic carbocycles. The average Bonchev–Trinajstić information content (AvgIpc) is 3.07. The van der Waals surface area contributed by atoms with Gasteiger partial charge in [-0.2, -0.15) is 5.10 Å². The van der Waals surface area contributed by atoms with Crippen LogP contribution in [0, 0.1) is 17.6 Å². The number of rotatable bonds is 8. The molecule has 2 aromatic rings. The fraction of sp³-hybridized carbons (Fsp3) is 0.391. The summed E-state index contributed by atoms with van der Waals surface area (Å²) in [6.45, 7) is 5.55. The molecule has 1 unspecified atom stereocenters. The van der Waals surface area contributed by atoms with Crippen LogP contribution >= 0.6 is 0 Å². The van der Waals surface area contributed by atoms with Crippen molar-refractivity contribution in [3.05, 3.63) is 59.2 Å². The van der Waals surface area contributed by atoms with E-state index in [9.17, 15) is 13.6 Å². The lowest BCUT2D eigenvalue weighted by molar-refractivity contribution is -0.141. The van der Waals surface area contributed by atoms with E-state index in [1.807, 2.05) is 36.2 Å². The Morgan fingerprint density at radius 3 is 2.43 bits per heavy atom. The lowest BCUT2D eigenvalue weighted by Crippen LogP contribution is -2.32. The number of halogens is 2. The number of anilines is 1. The number of carboxylic acids is 1. The summed E-state index contributed by atoms with van der Waals surface area (Å²) in [6, 6.07) is 10.1. The van der Waals surface area contributed by atoms with Crippen LogP contribution in [0.15, 0.2) is 41.5 Å². The first-order valence-electron chi connectivity index (χ1n) is 10.0. The summed E-state index contributed by atoms with van der Waals surface area (Å²) in [6.07, 6.45) is 1.61. The lowest BCUT2D eigenvalue weighted by Gasteiger charge is -2.24. The van der Waals surface area contributed by atoms with Crippen molar-refractivity contribution in [1.29, 1.82) is 0 Å². The fourth-order valence-corrected chi connectivity index (χ4v) is 3.50. The van der Waals surface area contributed by atoms with E-state index in [1.54, 1.807) is 0 Å². The predicted octanol–water partition coefficient (Wildman–Crippen LogP) is 4.82. The number of carbonyl (C=O) groups is 1. The fourth-order valence-electron chi connectivity index (χ4n) is 3.50. The number of hydrogen-bond donors (Lipinski definition) is 1. The summed E-state index contributed by atoms with van der Waals surface area (Å²) in [7, 11) is 0. The molecule has 1 N–H and O–H groups in total. The molecule has 0 saturated carbocycles. The number of hydrogen-bond acceptors (Lipinski definition) is 4. The van der Waals surface area contributed by atoms with Gasteiger partial charge >= 0.3 is 5.97 Å². The zero-order valence-corrected chi connectivity index (χ0v) is 17.4. The molecule has 7 heteroatoms. The van der Waals surface area contributed by atoms with E-state index in [1.165, 1.54) is 12.5 Å². The van der Waals surface area contributed by atoms with Crippen molar-refractivity contribution >= 4 is 17.4 Å². The smallest absolute Gasteiger partial charge is 0.306 e. The molecular weight excluding hydrogens is 390 g/mol. The Labute approximate surface area is 175 Å². The van der Waals surface area contributed by atoms with Crippen molar-refractivity contribution in [2.75, 3.05) is 11.6 Å². The van der Waals surface area contributed by atoms with Crippen molar-refractivity contribution in [2.45, 2.75) is 46.1 Å². The zero-order chi connectivity index (χ0) is 21.8. The summed E-state index contributed by atoms with van der Waals surface area (Å²) in [5.41, 5.74) is 3.32. The third-order valence-corrected chi connectivity index (χ3v) is 5.21. The first-order chi connectivity index (χ1) is 14.3.